The van der Waals surface area contributed by atoms with Crippen LogP contribution in [0.2, 0.25) is 0 Å². The van der Waals surface area contributed by atoms with Crippen LogP contribution >= 0.6 is 0 Å². The average molecular weight is 1200 g/mol. The Hall–Kier alpha value is -9.36. The minimum atomic E-state index is 1.00. The van der Waals surface area contributed by atoms with Crippen molar-refractivity contribution in [3.8, 4) is 0 Å². The maximum absolute atomic E-state index is 2.34. The third-order valence-electron chi connectivity index (χ3n) is 18.0. The molecule has 0 spiro atoms. The summed E-state index contributed by atoms with van der Waals surface area (Å²) in [5, 5.41) is 0. The van der Waals surface area contributed by atoms with Gasteiger partial charge in [0.25, 0.3) is 0 Å². The van der Waals surface area contributed by atoms with Crippen molar-refractivity contribution in [2.75, 3.05) is 0 Å². The maximum atomic E-state index is 2.34. The number of aryl methyl sites for hydroxylation is 12. The molecule has 464 valence electrons. The topological polar surface area (TPSA) is 0 Å². The molecule has 0 N–H and O–H groups in total. The standard InChI is InChI=1S/4C23H24/c1-17-4-8-20(9-5-17)15-22-12-13-23(19(3)14-22)16-21-10-6-18(2)7-11-21;1-17-4-7-20(8-5-17)15-21-9-11-22(12-10-21)16-23-13-6-18(2)14-19(23)3;2*1-17-4-7-20(8-5-17)15-21-10-12-22(13-11-21)16-23-9-6-18(2)19(3)14-23/h4*4-14H,15-16H2,1-3H3. The Kier molecular flexibility index (Phi) is 24.1. The summed E-state index contributed by atoms with van der Waals surface area (Å²) >= 11 is 0. The molecule has 0 aromatic heterocycles. The summed E-state index contributed by atoms with van der Waals surface area (Å²) in [6, 6.07) is 98.4. The molecule has 0 unspecified atom stereocenters. The van der Waals surface area contributed by atoms with Crippen molar-refractivity contribution in [1.82, 2.24) is 0 Å². The van der Waals surface area contributed by atoms with E-state index in [2.05, 4.69) is 350 Å². The zero-order valence-corrected chi connectivity index (χ0v) is 57.1. The largest absolute Gasteiger partial charge is 0.0590 e. The lowest BCUT2D eigenvalue weighted by atomic mass is 9.96. The van der Waals surface area contributed by atoms with E-state index in [4.69, 9.17) is 0 Å². The van der Waals surface area contributed by atoms with Gasteiger partial charge in [0.15, 0.2) is 0 Å². The highest BCUT2D eigenvalue weighted by Crippen LogP contribution is 2.23. The van der Waals surface area contributed by atoms with Crippen molar-refractivity contribution in [2.24, 2.45) is 0 Å². The molecule has 0 amide bonds. The highest BCUT2D eigenvalue weighted by atomic mass is 14.1. The molecule has 0 saturated carbocycles. The third-order valence-corrected chi connectivity index (χ3v) is 18.0. The van der Waals surface area contributed by atoms with Gasteiger partial charge in [-0.3, -0.25) is 0 Å². The van der Waals surface area contributed by atoms with Crippen molar-refractivity contribution < 1.29 is 0 Å². The maximum Gasteiger partial charge on any atom is -0.00231 e. The van der Waals surface area contributed by atoms with Crippen LogP contribution in [-0.2, 0) is 51.4 Å². The Morgan fingerprint density at radius 2 is 0.304 bits per heavy atom. The Bertz CT molecular complexity index is 4090. The SMILES string of the molecule is Cc1ccc(Cc2ccc(Cc3ccc(C)c(C)c3)cc2)cc1.Cc1ccc(Cc2ccc(Cc3ccc(C)c(C)c3)cc2)cc1.Cc1ccc(Cc2ccc(Cc3ccc(C)cc3)c(C)c2)cc1.Cc1ccc(Cc2ccc(Cc3ccc(C)cc3C)cc2)cc1. The highest BCUT2D eigenvalue weighted by Gasteiger charge is 2.08. The number of hydrogen-bond donors (Lipinski definition) is 0. The van der Waals surface area contributed by atoms with Gasteiger partial charge in [0.2, 0.25) is 0 Å². The van der Waals surface area contributed by atoms with Crippen LogP contribution in [0, 0.1) is 83.1 Å². The van der Waals surface area contributed by atoms with E-state index < -0.39 is 0 Å². The molecule has 12 aromatic rings. The molecular formula is C92H96. The lowest BCUT2D eigenvalue weighted by Crippen LogP contribution is -1.95. The molecule has 0 atom stereocenters. The second kappa shape index (κ2) is 33.1. The van der Waals surface area contributed by atoms with Gasteiger partial charge >= 0.3 is 0 Å². The number of benzene rings is 12. The molecule has 0 heterocycles. The first-order valence-electron chi connectivity index (χ1n) is 33.2. The fourth-order valence-electron chi connectivity index (χ4n) is 11.6. The Labute approximate surface area is 553 Å². The predicted octanol–water partition coefficient (Wildman–Crippen LogP) is 23.2. The lowest BCUT2D eigenvalue weighted by Gasteiger charge is -2.10. The fourth-order valence-corrected chi connectivity index (χ4v) is 11.6. The molecule has 0 radical (unpaired) electrons. The van der Waals surface area contributed by atoms with Gasteiger partial charge in [-0.05, 0) is 257 Å². The molecule has 0 nitrogen and oxygen atoms in total. The van der Waals surface area contributed by atoms with E-state index in [-0.39, 0.29) is 0 Å². The van der Waals surface area contributed by atoms with E-state index in [0.29, 0.717) is 0 Å². The van der Waals surface area contributed by atoms with Crippen molar-refractivity contribution in [2.45, 2.75) is 134 Å². The predicted molar refractivity (Wildman–Crippen MR) is 397 cm³/mol. The number of rotatable bonds is 16. The lowest BCUT2D eigenvalue weighted by molar-refractivity contribution is 1.12. The fraction of sp³-hybridized carbons (Fsp3) is 0.217. The van der Waals surface area contributed by atoms with Crippen LogP contribution in [0.4, 0.5) is 0 Å². The second-order valence-corrected chi connectivity index (χ2v) is 26.3. The summed E-state index contributed by atoms with van der Waals surface area (Å²) in [6.07, 6.45) is 8.05. The van der Waals surface area contributed by atoms with Gasteiger partial charge < -0.3 is 0 Å². The Balaban J connectivity index is 0.000000145. The molecule has 12 aromatic carbocycles. The summed E-state index contributed by atoms with van der Waals surface area (Å²) in [5.74, 6) is 0. The van der Waals surface area contributed by atoms with Gasteiger partial charge in [-0.15, -0.1) is 0 Å². The van der Waals surface area contributed by atoms with Gasteiger partial charge in [0.1, 0.15) is 0 Å². The van der Waals surface area contributed by atoms with E-state index in [1.807, 2.05) is 0 Å². The molecule has 12 rings (SSSR count). The van der Waals surface area contributed by atoms with Gasteiger partial charge in [-0.25, -0.2) is 0 Å². The Morgan fingerprint density at radius 1 is 0.130 bits per heavy atom. The molecule has 0 bridgehead atoms. The van der Waals surface area contributed by atoms with Crippen LogP contribution in [0.1, 0.15) is 156 Å². The first kappa shape index (κ1) is 67.0. The quantitative estimate of drug-likeness (QED) is 0.0904. The van der Waals surface area contributed by atoms with E-state index in [0.717, 1.165) is 51.4 Å². The van der Waals surface area contributed by atoms with E-state index in [1.54, 1.807) is 0 Å². The van der Waals surface area contributed by atoms with Crippen molar-refractivity contribution in [3.05, 3.63) is 423 Å². The molecule has 0 aliphatic carbocycles. The molecular weight excluding hydrogens is 1110 g/mol. The van der Waals surface area contributed by atoms with Gasteiger partial charge in [0, 0.05) is 0 Å². The summed E-state index contributed by atoms with van der Waals surface area (Å²) in [7, 11) is 0. The zero-order valence-electron chi connectivity index (χ0n) is 57.1. The normalized spacial score (nSPS) is 10.7. The molecule has 0 aliphatic rings. The summed E-state index contributed by atoms with van der Waals surface area (Å²) in [6.45, 7) is 25.9. The Morgan fingerprint density at radius 3 is 0.543 bits per heavy atom. The zero-order chi connectivity index (χ0) is 64.9. The molecule has 0 saturated heterocycles. The first-order valence-corrected chi connectivity index (χ1v) is 33.2. The van der Waals surface area contributed by atoms with Crippen LogP contribution in [0.5, 0.6) is 0 Å². The van der Waals surface area contributed by atoms with Crippen LogP contribution in [0.15, 0.2) is 267 Å². The van der Waals surface area contributed by atoms with E-state index >= 15 is 0 Å². The third kappa shape index (κ3) is 21.4. The first-order chi connectivity index (χ1) is 44.4. The summed E-state index contributed by atoms with van der Waals surface area (Å²) in [5.41, 5.74) is 38.3. The smallest absolute Gasteiger partial charge is 0.00231 e. The van der Waals surface area contributed by atoms with Gasteiger partial charge in [-0.2, -0.15) is 0 Å². The van der Waals surface area contributed by atoms with Gasteiger partial charge in [-0.1, -0.05) is 300 Å². The van der Waals surface area contributed by atoms with Gasteiger partial charge in [0.05, 0.1) is 0 Å². The van der Waals surface area contributed by atoms with Crippen molar-refractivity contribution in [3.63, 3.8) is 0 Å². The van der Waals surface area contributed by atoms with E-state index in [9.17, 15) is 0 Å². The monoisotopic (exact) mass is 1200 g/mol. The van der Waals surface area contributed by atoms with E-state index in [1.165, 1.54) is 156 Å². The van der Waals surface area contributed by atoms with Crippen molar-refractivity contribution >= 4 is 0 Å². The average Bonchev–Trinajstić information content (AvgIpc) is 3.06. The second-order valence-electron chi connectivity index (χ2n) is 26.3. The molecule has 0 heteroatoms. The minimum absolute atomic E-state index is 1.00. The molecule has 0 fully saturated rings. The van der Waals surface area contributed by atoms with Crippen LogP contribution in [0.25, 0.3) is 0 Å². The minimum Gasteiger partial charge on any atom is -0.0590 e. The van der Waals surface area contributed by atoms with Crippen LogP contribution in [0.3, 0.4) is 0 Å². The van der Waals surface area contributed by atoms with Crippen LogP contribution < -0.4 is 0 Å². The number of hydrogen-bond acceptors (Lipinski definition) is 0. The van der Waals surface area contributed by atoms with Crippen molar-refractivity contribution in [1.29, 1.82) is 0 Å². The highest BCUT2D eigenvalue weighted by molar-refractivity contribution is 5.42. The summed E-state index contributed by atoms with van der Waals surface area (Å²) in [4.78, 5) is 0. The molecule has 0 aliphatic heterocycles. The summed E-state index contributed by atoms with van der Waals surface area (Å²) < 4.78 is 0. The van der Waals surface area contributed by atoms with Crippen LogP contribution in [-0.4, -0.2) is 0 Å². The molecule has 92 heavy (non-hydrogen) atoms.